The van der Waals surface area contributed by atoms with Gasteiger partial charge in [-0.25, -0.2) is 18.1 Å². The second-order valence-electron chi connectivity index (χ2n) is 5.98. The smallest absolute Gasteiger partial charge is 0.354 e. The molecule has 2 aromatic rings. The molecule has 1 fully saturated rings. The van der Waals surface area contributed by atoms with Crippen LogP contribution < -0.4 is 9.62 Å². The lowest BCUT2D eigenvalue weighted by atomic mass is 10.1. The Morgan fingerprint density at radius 3 is 2.62 bits per heavy atom. The molecule has 0 aromatic carbocycles. The standard InChI is InChI=1S/C15H18F3N5O2S/c1-19-26(24,25)12-4-5-14(20-9-12)22-7-2-3-11(10-22)23-8-6-13(21-23)15(16,17)18/h4-6,8-9,11,19H,2-3,7,10H2,1H3. The van der Waals surface area contributed by atoms with E-state index in [0.29, 0.717) is 25.3 Å². The molecule has 0 bridgehead atoms. The van der Waals surface area contributed by atoms with Crippen molar-refractivity contribution in [2.45, 2.75) is 30.0 Å². The highest BCUT2D eigenvalue weighted by atomic mass is 32.2. The number of piperidine rings is 1. The highest BCUT2D eigenvalue weighted by Gasteiger charge is 2.34. The van der Waals surface area contributed by atoms with Crippen LogP contribution in [0.15, 0.2) is 35.5 Å². The summed E-state index contributed by atoms with van der Waals surface area (Å²) in [6.45, 7) is 1.14. The van der Waals surface area contributed by atoms with E-state index in [0.717, 1.165) is 12.5 Å². The molecular formula is C15H18F3N5O2S. The molecule has 0 amide bonds. The van der Waals surface area contributed by atoms with Crippen LogP contribution in [-0.2, 0) is 16.2 Å². The van der Waals surface area contributed by atoms with Gasteiger partial charge in [-0.05, 0) is 38.1 Å². The van der Waals surface area contributed by atoms with E-state index >= 15 is 0 Å². The number of halogens is 3. The molecule has 1 saturated heterocycles. The minimum Gasteiger partial charge on any atom is -0.354 e. The number of rotatable bonds is 4. The summed E-state index contributed by atoms with van der Waals surface area (Å²) in [5.41, 5.74) is -0.908. The molecule has 0 saturated carbocycles. The van der Waals surface area contributed by atoms with E-state index in [9.17, 15) is 21.6 Å². The second kappa shape index (κ2) is 6.88. The number of pyridine rings is 1. The molecule has 2 aromatic heterocycles. The van der Waals surface area contributed by atoms with Gasteiger partial charge in [0, 0.05) is 25.5 Å². The van der Waals surface area contributed by atoms with Crippen molar-refractivity contribution in [3.63, 3.8) is 0 Å². The lowest BCUT2D eigenvalue weighted by Gasteiger charge is -2.33. The van der Waals surface area contributed by atoms with Gasteiger partial charge in [-0.3, -0.25) is 4.68 Å². The van der Waals surface area contributed by atoms with Gasteiger partial charge in [-0.1, -0.05) is 0 Å². The van der Waals surface area contributed by atoms with Crippen molar-refractivity contribution in [1.82, 2.24) is 19.5 Å². The van der Waals surface area contributed by atoms with E-state index < -0.39 is 21.9 Å². The predicted molar refractivity (Wildman–Crippen MR) is 88.2 cm³/mol. The van der Waals surface area contributed by atoms with Crippen molar-refractivity contribution < 1.29 is 21.6 Å². The van der Waals surface area contributed by atoms with Crippen LogP contribution in [0.5, 0.6) is 0 Å². The van der Waals surface area contributed by atoms with Crippen molar-refractivity contribution in [1.29, 1.82) is 0 Å². The van der Waals surface area contributed by atoms with Crippen molar-refractivity contribution in [2.75, 3.05) is 25.0 Å². The van der Waals surface area contributed by atoms with Gasteiger partial charge in [0.15, 0.2) is 5.69 Å². The second-order valence-corrected chi connectivity index (χ2v) is 7.87. The molecule has 1 aliphatic heterocycles. The molecule has 3 rings (SSSR count). The van der Waals surface area contributed by atoms with Crippen LogP contribution in [0, 0.1) is 0 Å². The Morgan fingerprint density at radius 1 is 1.27 bits per heavy atom. The first kappa shape index (κ1) is 18.6. The van der Waals surface area contributed by atoms with E-state index in [2.05, 4.69) is 14.8 Å². The molecule has 0 aliphatic carbocycles. The fourth-order valence-electron chi connectivity index (χ4n) is 2.91. The highest BCUT2D eigenvalue weighted by Crippen LogP contribution is 2.30. The molecule has 1 aliphatic rings. The summed E-state index contributed by atoms with van der Waals surface area (Å²) in [6.07, 6.45) is -0.380. The summed E-state index contributed by atoms with van der Waals surface area (Å²) in [4.78, 5) is 6.16. The third-order valence-electron chi connectivity index (χ3n) is 4.29. The Balaban J connectivity index is 1.75. The van der Waals surface area contributed by atoms with E-state index in [1.54, 1.807) is 6.07 Å². The molecule has 26 heavy (non-hydrogen) atoms. The van der Waals surface area contributed by atoms with Gasteiger partial charge in [0.25, 0.3) is 0 Å². The third kappa shape index (κ3) is 3.83. The molecule has 142 valence electrons. The van der Waals surface area contributed by atoms with Gasteiger partial charge in [-0.15, -0.1) is 0 Å². The minimum absolute atomic E-state index is 0.0548. The molecule has 1 N–H and O–H groups in total. The highest BCUT2D eigenvalue weighted by molar-refractivity contribution is 7.89. The van der Waals surface area contributed by atoms with Crippen molar-refractivity contribution in [3.8, 4) is 0 Å². The molecule has 1 unspecified atom stereocenters. The largest absolute Gasteiger partial charge is 0.435 e. The molecule has 0 radical (unpaired) electrons. The predicted octanol–water partition coefficient (Wildman–Crippen LogP) is 2.05. The van der Waals surface area contributed by atoms with Gasteiger partial charge in [-0.2, -0.15) is 18.3 Å². The van der Waals surface area contributed by atoms with Gasteiger partial charge >= 0.3 is 6.18 Å². The average Bonchev–Trinajstić information content (AvgIpc) is 3.13. The number of aromatic nitrogens is 3. The topological polar surface area (TPSA) is 80.1 Å². The fraction of sp³-hybridized carbons (Fsp3) is 0.467. The number of sulfonamides is 1. The normalized spacial score (nSPS) is 18.9. The zero-order valence-corrected chi connectivity index (χ0v) is 14.8. The Hall–Kier alpha value is -2.14. The Kier molecular flexibility index (Phi) is 4.93. The first-order valence-electron chi connectivity index (χ1n) is 7.97. The van der Waals surface area contributed by atoms with E-state index in [4.69, 9.17) is 0 Å². The monoisotopic (exact) mass is 389 g/mol. The Bertz CT molecular complexity index is 864. The van der Waals surface area contributed by atoms with Crippen molar-refractivity contribution in [3.05, 3.63) is 36.3 Å². The molecule has 0 spiro atoms. The maximum atomic E-state index is 12.7. The molecule has 1 atom stereocenters. The lowest BCUT2D eigenvalue weighted by Crippen LogP contribution is -2.37. The van der Waals surface area contributed by atoms with Gasteiger partial charge in [0.05, 0.1) is 6.04 Å². The summed E-state index contributed by atoms with van der Waals surface area (Å²) >= 11 is 0. The van der Waals surface area contributed by atoms with E-state index in [-0.39, 0.29) is 10.9 Å². The molecular weight excluding hydrogens is 371 g/mol. The van der Waals surface area contributed by atoms with Gasteiger partial charge < -0.3 is 4.90 Å². The number of nitrogens with zero attached hydrogens (tertiary/aromatic N) is 4. The van der Waals surface area contributed by atoms with Crippen molar-refractivity contribution in [2.24, 2.45) is 0 Å². The van der Waals surface area contributed by atoms with Crippen LogP contribution in [-0.4, -0.2) is 43.3 Å². The maximum Gasteiger partial charge on any atom is 0.435 e. The van der Waals surface area contributed by atoms with Crippen molar-refractivity contribution >= 4 is 15.8 Å². The summed E-state index contributed by atoms with van der Waals surface area (Å²) in [7, 11) is -2.25. The SMILES string of the molecule is CNS(=O)(=O)c1ccc(N2CCCC(n3ccc(C(F)(F)F)n3)C2)nc1. The summed E-state index contributed by atoms with van der Waals surface area (Å²) in [5, 5.41) is 3.65. The zero-order valence-electron chi connectivity index (χ0n) is 13.9. The first-order chi connectivity index (χ1) is 12.2. The maximum absolute atomic E-state index is 12.7. The first-order valence-corrected chi connectivity index (χ1v) is 9.46. The number of hydrogen-bond acceptors (Lipinski definition) is 5. The van der Waals surface area contributed by atoms with Crippen LogP contribution in [0.4, 0.5) is 19.0 Å². The van der Waals surface area contributed by atoms with Crippen LogP contribution in [0.3, 0.4) is 0 Å². The molecule has 7 nitrogen and oxygen atoms in total. The quantitative estimate of drug-likeness (QED) is 0.866. The Morgan fingerprint density at radius 2 is 2.04 bits per heavy atom. The molecule has 3 heterocycles. The average molecular weight is 389 g/mol. The lowest BCUT2D eigenvalue weighted by molar-refractivity contribution is -0.141. The number of nitrogens with one attached hydrogen (secondary N) is 1. The van der Waals surface area contributed by atoms with Gasteiger partial charge in [0.2, 0.25) is 10.0 Å². The minimum atomic E-state index is -4.46. The summed E-state index contributed by atoms with van der Waals surface area (Å²) < 4.78 is 65.2. The zero-order chi connectivity index (χ0) is 18.9. The number of alkyl halides is 3. The summed E-state index contributed by atoms with van der Waals surface area (Å²) in [6, 6.07) is 3.81. The fourth-order valence-corrected chi connectivity index (χ4v) is 3.58. The van der Waals surface area contributed by atoms with Gasteiger partial charge in [0.1, 0.15) is 10.7 Å². The van der Waals surface area contributed by atoms with E-state index in [1.165, 1.54) is 30.2 Å². The molecule has 11 heteroatoms. The van der Waals surface area contributed by atoms with Crippen LogP contribution in [0.2, 0.25) is 0 Å². The van der Waals surface area contributed by atoms with Crippen LogP contribution >= 0.6 is 0 Å². The Labute approximate surface area is 148 Å². The number of anilines is 1. The summed E-state index contributed by atoms with van der Waals surface area (Å²) in [5.74, 6) is 0.577. The van der Waals surface area contributed by atoms with E-state index in [1.807, 2.05) is 4.90 Å². The number of hydrogen-bond donors (Lipinski definition) is 1. The van der Waals surface area contributed by atoms with Crippen LogP contribution in [0.1, 0.15) is 24.6 Å². The van der Waals surface area contributed by atoms with Crippen LogP contribution in [0.25, 0.3) is 0 Å². The third-order valence-corrected chi connectivity index (χ3v) is 5.69.